The smallest absolute Gasteiger partial charge is 0.323 e. The number of hydrogen-bond donors (Lipinski definition) is 2. The topological polar surface area (TPSA) is 58.6 Å². The third-order valence-electron chi connectivity index (χ3n) is 4.48. The Labute approximate surface area is 118 Å². The molecule has 1 aliphatic heterocycles. The van der Waals surface area contributed by atoms with Gasteiger partial charge < -0.3 is 9.84 Å². The summed E-state index contributed by atoms with van der Waals surface area (Å²) in [5, 5.41) is 13.4. The van der Waals surface area contributed by atoms with Crippen molar-refractivity contribution in [1.29, 1.82) is 0 Å². The van der Waals surface area contributed by atoms with E-state index in [4.69, 9.17) is 4.74 Å². The van der Waals surface area contributed by atoms with Gasteiger partial charge in [0.05, 0.1) is 6.10 Å². The number of carbonyl (C=O) groups is 1. The van der Waals surface area contributed by atoms with Crippen molar-refractivity contribution in [2.75, 3.05) is 12.4 Å². The summed E-state index contributed by atoms with van der Waals surface area (Å²) in [7, 11) is 0. The summed E-state index contributed by atoms with van der Waals surface area (Å²) in [6, 6.07) is 0.456. The summed E-state index contributed by atoms with van der Waals surface area (Å²) in [6.07, 6.45) is 7.61. The Balaban J connectivity index is 1.50. The van der Waals surface area contributed by atoms with E-state index in [0.29, 0.717) is 17.4 Å². The lowest BCUT2D eigenvalue weighted by molar-refractivity contribution is -0.144. The maximum atomic E-state index is 11.6. The van der Waals surface area contributed by atoms with Crippen LogP contribution in [-0.4, -0.2) is 46.4 Å². The standard InChI is InChI=1S/C14H23NO3S/c16-13(17)14(15-10-3-4-10)6-5-12(8-14)19-9-11-2-1-7-18-11/h10-12,15H,1-9H2,(H,16,17). The van der Waals surface area contributed by atoms with Gasteiger partial charge >= 0.3 is 5.97 Å². The number of thioether (sulfide) groups is 1. The monoisotopic (exact) mass is 285 g/mol. The molecule has 5 heteroatoms. The average Bonchev–Trinajstić information content (AvgIpc) is 2.91. The van der Waals surface area contributed by atoms with Crippen LogP contribution in [0.2, 0.25) is 0 Å². The minimum absolute atomic E-state index is 0.404. The van der Waals surface area contributed by atoms with Crippen LogP contribution in [-0.2, 0) is 9.53 Å². The van der Waals surface area contributed by atoms with E-state index in [2.05, 4.69) is 5.32 Å². The molecule has 108 valence electrons. The van der Waals surface area contributed by atoms with Crippen LogP contribution in [0, 0.1) is 0 Å². The zero-order chi connectivity index (χ0) is 13.3. The van der Waals surface area contributed by atoms with E-state index in [0.717, 1.165) is 44.5 Å². The van der Waals surface area contributed by atoms with Gasteiger partial charge in [0.2, 0.25) is 0 Å². The first-order chi connectivity index (χ1) is 9.18. The van der Waals surface area contributed by atoms with Gasteiger partial charge in [-0.1, -0.05) is 0 Å². The summed E-state index contributed by atoms with van der Waals surface area (Å²) < 4.78 is 5.63. The first-order valence-corrected chi connectivity index (χ1v) is 8.47. The van der Waals surface area contributed by atoms with Crippen molar-refractivity contribution in [2.45, 2.75) is 67.9 Å². The number of aliphatic carboxylic acids is 1. The second-order valence-electron chi connectivity index (χ2n) is 6.14. The molecule has 3 rings (SSSR count). The van der Waals surface area contributed by atoms with Gasteiger partial charge in [-0.3, -0.25) is 10.1 Å². The van der Waals surface area contributed by atoms with Crippen molar-refractivity contribution >= 4 is 17.7 Å². The van der Waals surface area contributed by atoms with E-state index in [1.165, 1.54) is 12.8 Å². The maximum Gasteiger partial charge on any atom is 0.323 e. The molecule has 3 aliphatic rings. The van der Waals surface area contributed by atoms with Gasteiger partial charge in [-0.05, 0) is 44.9 Å². The van der Waals surface area contributed by atoms with Crippen molar-refractivity contribution < 1.29 is 14.6 Å². The zero-order valence-electron chi connectivity index (χ0n) is 11.3. The molecule has 3 fully saturated rings. The number of carboxylic acids is 1. The lowest BCUT2D eigenvalue weighted by Gasteiger charge is -2.26. The molecule has 2 saturated carbocycles. The molecule has 0 aromatic rings. The normalized spacial score (nSPS) is 38.7. The van der Waals surface area contributed by atoms with Crippen LogP contribution >= 0.6 is 11.8 Å². The highest BCUT2D eigenvalue weighted by molar-refractivity contribution is 7.99. The molecule has 0 aromatic carbocycles. The molecule has 0 radical (unpaired) electrons. The molecule has 1 saturated heterocycles. The molecular weight excluding hydrogens is 262 g/mol. The molecule has 19 heavy (non-hydrogen) atoms. The van der Waals surface area contributed by atoms with Crippen molar-refractivity contribution in [3.8, 4) is 0 Å². The third-order valence-corrected chi connectivity index (χ3v) is 5.92. The van der Waals surface area contributed by atoms with E-state index >= 15 is 0 Å². The van der Waals surface area contributed by atoms with E-state index in [1.54, 1.807) is 0 Å². The third kappa shape index (κ3) is 3.26. The lowest BCUT2D eigenvalue weighted by Crippen LogP contribution is -2.51. The molecule has 2 aliphatic carbocycles. The molecule has 0 aromatic heterocycles. The Morgan fingerprint density at radius 3 is 2.84 bits per heavy atom. The van der Waals surface area contributed by atoms with Gasteiger partial charge in [0.25, 0.3) is 0 Å². The number of hydrogen-bond acceptors (Lipinski definition) is 4. The minimum Gasteiger partial charge on any atom is -0.480 e. The van der Waals surface area contributed by atoms with Gasteiger partial charge in [0.1, 0.15) is 5.54 Å². The van der Waals surface area contributed by atoms with Crippen molar-refractivity contribution in [3.63, 3.8) is 0 Å². The van der Waals surface area contributed by atoms with Crippen LogP contribution in [0.25, 0.3) is 0 Å². The largest absolute Gasteiger partial charge is 0.480 e. The Kier molecular flexibility index (Phi) is 4.06. The van der Waals surface area contributed by atoms with Gasteiger partial charge in [-0.2, -0.15) is 11.8 Å². The Hall–Kier alpha value is -0.260. The molecule has 3 atom stereocenters. The summed E-state index contributed by atoms with van der Waals surface area (Å²) >= 11 is 1.92. The number of nitrogens with one attached hydrogen (secondary N) is 1. The highest BCUT2D eigenvalue weighted by atomic mass is 32.2. The molecule has 0 bridgehead atoms. The molecule has 4 nitrogen and oxygen atoms in total. The molecule has 1 heterocycles. The lowest BCUT2D eigenvalue weighted by atomic mass is 9.98. The molecule has 3 unspecified atom stereocenters. The predicted molar refractivity (Wildman–Crippen MR) is 75.6 cm³/mol. The zero-order valence-corrected chi connectivity index (χ0v) is 12.1. The van der Waals surface area contributed by atoms with Gasteiger partial charge in [0, 0.05) is 23.7 Å². The van der Waals surface area contributed by atoms with Crippen LogP contribution in [0.15, 0.2) is 0 Å². The Bertz CT molecular complexity index is 342. The van der Waals surface area contributed by atoms with Crippen LogP contribution in [0.3, 0.4) is 0 Å². The molecule has 0 spiro atoms. The summed E-state index contributed by atoms with van der Waals surface area (Å²) in [5.41, 5.74) is -0.643. The number of rotatable bonds is 6. The summed E-state index contributed by atoms with van der Waals surface area (Å²) in [4.78, 5) is 11.6. The van der Waals surface area contributed by atoms with Crippen LogP contribution in [0.5, 0.6) is 0 Å². The predicted octanol–water partition coefficient (Wildman–Crippen LogP) is 2.03. The molecule has 2 N–H and O–H groups in total. The average molecular weight is 285 g/mol. The van der Waals surface area contributed by atoms with Crippen LogP contribution < -0.4 is 5.32 Å². The fourth-order valence-corrected chi connectivity index (χ4v) is 4.60. The number of carboxylic acid groups (broad SMARTS) is 1. The summed E-state index contributed by atoms with van der Waals surface area (Å²) in [6.45, 7) is 0.901. The second-order valence-corrected chi connectivity index (χ2v) is 7.47. The molecular formula is C14H23NO3S. The van der Waals surface area contributed by atoms with Gasteiger partial charge in [0.15, 0.2) is 0 Å². The molecule has 0 amide bonds. The quantitative estimate of drug-likeness (QED) is 0.782. The van der Waals surface area contributed by atoms with E-state index < -0.39 is 11.5 Å². The van der Waals surface area contributed by atoms with Gasteiger partial charge in [-0.15, -0.1) is 0 Å². The van der Waals surface area contributed by atoms with E-state index in [1.807, 2.05) is 11.8 Å². The van der Waals surface area contributed by atoms with Crippen LogP contribution in [0.1, 0.15) is 44.9 Å². The highest BCUT2D eigenvalue weighted by Crippen LogP contribution is 2.40. The highest BCUT2D eigenvalue weighted by Gasteiger charge is 2.48. The Morgan fingerprint density at radius 1 is 1.37 bits per heavy atom. The van der Waals surface area contributed by atoms with Crippen LogP contribution in [0.4, 0.5) is 0 Å². The maximum absolute atomic E-state index is 11.6. The first-order valence-electron chi connectivity index (χ1n) is 7.42. The second kappa shape index (κ2) is 5.62. The number of ether oxygens (including phenoxy) is 1. The van der Waals surface area contributed by atoms with Gasteiger partial charge in [-0.25, -0.2) is 0 Å². The van der Waals surface area contributed by atoms with Crippen molar-refractivity contribution in [1.82, 2.24) is 5.32 Å². The minimum atomic E-state index is -0.653. The fourth-order valence-electron chi connectivity index (χ4n) is 3.17. The fraction of sp³-hybridized carbons (Fsp3) is 0.929. The van der Waals surface area contributed by atoms with E-state index in [9.17, 15) is 9.90 Å². The van der Waals surface area contributed by atoms with Crippen molar-refractivity contribution in [2.24, 2.45) is 0 Å². The summed E-state index contributed by atoms with van der Waals surface area (Å²) in [5.74, 6) is 0.378. The SMILES string of the molecule is O=C(O)C1(NC2CC2)CCC(SCC2CCCO2)C1. The Morgan fingerprint density at radius 2 is 2.21 bits per heavy atom. The first kappa shape index (κ1) is 13.7. The van der Waals surface area contributed by atoms with Crippen molar-refractivity contribution in [3.05, 3.63) is 0 Å². The van der Waals surface area contributed by atoms with E-state index in [-0.39, 0.29) is 0 Å².